The van der Waals surface area contributed by atoms with E-state index in [1.807, 2.05) is 19.1 Å². The molecule has 0 bridgehead atoms. The van der Waals surface area contributed by atoms with Crippen LogP contribution in [0.2, 0.25) is 5.02 Å². The van der Waals surface area contributed by atoms with Crippen LogP contribution in [0.15, 0.2) is 36.8 Å². The zero-order chi connectivity index (χ0) is 13.7. The highest BCUT2D eigenvalue weighted by atomic mass is 35.5. The Morgan fingerprint density at radius 2 is 2.16 bits per heavy atom. The molecule has 100 valence electrons. The molecule has 0 amide bonds. The molecule has 0 saturated carbocycles. The first-order valence-corrected chi connectivity index (χ1v) is 6.86. The molecule has 2 aromatic rings. The summed E-state index contributed by atoms with van der Waals surface area (Å²) in [7, 11) is 0. The van der Waals surface area contributed by atoms with Crippen molar-refractivity contribution >= 4 is 11.6 Å². The Morgan fingerprint density at radius 1 is 1.32 bits per heavy atom. The quantitative estimate of drug-likeness (QED) is 0.907. The first-order valence-electron chi connectivity index (χ1n) is 6.48. The standard InChI is InChI=1S/C15H18ClN3/c1-3-7-19-15(14-10-17-8-9-18-14)12-5-4-6-13(16)11(12)2/h4-6,8-10,15,19H,3,7H2,1-2H3. The molecule has 1 heterocycles. The molecule has 4 heteroatoms. The SMILES string of the molecule is CCCNC(c1cnccn1)c1cccc(Cl)c1C. The van der Waals surface area contributed by atoms with Gasteiger partial charge in [-0.05, 0) is 37.1 Å². The lowest BCUT2D eigenvalue weighted by molar-refractivity contribution is 0.582. The largest absolute Gasteiger partial charge is 0.305 e. The molecule has 0 aliphatic rings. The summed E-state index contributed by atoms with van der Waals surface area (Å²) >= 11 is 6.22. The number of aromatic nitrogens is 2. The Bertz CT molecular complexity index is 528. The molecule has 3 nitrogen and oxygen atoms in total. The lowest BCUT2D eigenvalue weighted by Gasteiger charge is -2.20. The third kappa shape index (κ3) is 3.31. The van der Waals surface area contributed by atoms with Gasteiger partial charge in [-0.1, -0.05) is 30.7 Å². The van der Waals surface area contributed by atoms with E-state index in [9.17, 15) is 0 Å². The molecule has 1 aromatic carbocycles. The molecule has 0 radical (unpaired) electrons. The van der Waals surface area contributed by atoms with Crippen LogP contribution in [0.25, 0.3) is 0 Å². The van der Waals surface area contributed by atoms with E-state index in [4.69, 9.17) is 11.6 Å². The number of hydrogen-bond donors (Lipinski definition) is 1. The molecular formula is C15H18ClN3. The molecule has 0 aliphatic heterocycles. The van der Waals surface area contributed by atoms with Gasteiger partial charge in [-0.25, -0.2) is 0 Å². The molecule has 2 rings (SSSR count). The third-order valence-corrected chi connectivity index (χ3v) is 3.51. The topological polar surface area (TPSA) is 37.8 Å². The minimum Gasteiger partial charge on any atom is -0.305 e. The summed E-state index contributed by atoms with van der Waals surface area (Å²) in [5.74, 6) is 0. The first kappa shape index (κ1) is 14.0. The summed E-state index contributed by atoms with van der Waals surface area (Å²) in [5, 5.41) is 4.29. The molecule has 1 unspecified atom stereocenters. The van der Waals surface area contributed by atoms with Crippen LogP contribution in [0, 0.1) is 6.92 Å². The lowest BCUT2D eigenvalue weighted by atomic mass is 9.98. The van der Waals surface area contributed by atoms with Crippen LogP contribution in [0.1, 0.15) is 36.2 Å². The first-order chi connectivity index (χ1) is 9.24. The maximum Gasteiger partial charge on any atom is 0.0801 e. The van der Waals surface area contributed by atoms with Crippen molar-refractivity contribution in [3.63, 3.8) is 0 Å². The molecule has 0 fully saturated rings. The van der Waals surface area contributed by atoms with Gasteiger partial charge in [0.05, 0.1) is 17.9 Å². The Labute approximate surface area is 119 Å². The molecule has 0 saturated heterocycles. The Kier molecular flexibility index (Phi) is 4.88. The second-order valence-corrected chi connectivity index (χ2v) is 4.88. The number of rotatable bonds is 5. The summed E-state index contributed by atoms with van der Waals surface area (Å²) in [4.78, 5) is 8.57. The van der Waals surface area contributed by atoms with E-state index < -0.39 is 0 Å². The van der Waals surface area contributed by atoms with Crippen molar-refractivity contribution in [3.05, 3.63) is 58.6 Å². The van der Waals surface area contributed by atoms with Crippen molar-refractivity contribution in [2.24, 2.45) is 0 Å². The fourth-order valence-electron chi connectivity index (χ4n) is 2.06. The fourth-order valence-corrected chi connectivity index (χ4v) is 2.24. The highest BCUT2D eigenvalue weighted by molar-refractivity contribution is 6.31. The zero-order valence-electron chi connectivity index (χ0n) is 11.2. The van der Waals surface area contributed by atoms with Crippen molar-refractivity contribution < 1.29 is 0 Å². The second-order valence-electron chi connectivity index (χ2n) is 4.47. The van der Waals surface area contributed by atoms with Crippen molar-refractivity contribution in [1.29, 1.82) is 0 Å². The Balaban J connectivity index is 2.40. The van der Waals surface area contributed by atoms with E-state index in [1.165, 1.54) is 0 Å². The van der Waals surface area contributed by atoms with E-state index in [0.717, 1.165) is 34.8 Å². The van der Waals surface area contributed by atoms with E-state index >= 15 is 0 Å². The van der Waals surface area contributed by atoms with Crippen LogP contribution >= 0.6 is 11.6 Å². The minimum absolute atomic E-state index is 0.0346. The highest BCUT2D eigenvalue weighted by Crippen LogP contribution is 2.27. The van der Waals surface area contributed by atoms with Crippen molar-refractivity contribution in [2.45, 2.75) is 26.3 Å². The summed E-state index contributed by atoms with van der Waals surface area (Å²) in [6.45, 7) is 5.10. The third-order valence-electron chi connectivity index (χ3n) is 3.10. The van der Waals surface area contributed by atoms with Crippen molar-refractivity contribution in [1.82, 2.24) is 15.3 Å². The van der Waals surface area contributed by atoms with E-state index in [0.29, 0.717) is 0 Å². The second kappa shape index (κ2) is 6.64. The van der Waals surface area contributed by atoms with Gasteiger partial charge in [0.15, 0.2) is 0 Å². The Hall–Kier alpha value is -1.45. The predicted molar refractivity (Wildman–Crippen MR) is 78.4 cm³/mol. The van der Waals surface area contributed by atoms with E-state index in [-0.39, 0.29) is 6.04 Å². The van der Waals surface area contributed by atoms with Gasteiger partial charge < -0.3 is 5.32 Å². The number of hydrogen-bond acceptors (Lipinski definition) is 3. The number of nitrogens with zero attached hydrogens (tertiary/aromatic N) is 2. The van der Waals surface area contributed by atoms with Crippen LogP contribution in [0.5, 0.6) is 0 Å². The van der Waals surface area contributed by atoms with Gasteiger partial charge in [0.25, 0.3) is 0 Å². The average Bonchev–Trinajstić information content (AvgIpc) is 2.45. The van der Waals surface area contributed by atoms with Gasteiger partial charge in [0, 0.05) is 17.4 Å². The van der Waals surface area contributed by atoms with Crippen molar-refractivity contribution in [2.75, 3.05) is 6.54 Å². The summed E-state index contributed by atoms with van der Waals surface area (Å²) in [6, 6.07) is 6.01. The molecule has 1 N–H and O–H groups in total. The fraction of sp³-hybridized carbons (Fsp3) is 0.333. The van der Waals surface area contributed by atoms with Crippen molar-refractivity contribution in [3.8, 4) is 0 Å². The average molecular weight is 276 g/mol. The van der Waals surface area contributed by atoms with Crippen LogP contribution < -0.4 is 5.32 Å². The van der Waals surface area contributed by atoms with Crippen LogP contribution in [-0.4, -0.2) is 16.5 Å². The summed E-state index contributed by atoms with van der Waals surface area (Å²) < 4.78 is 0. The number of halogens is 1. The van der Waals surface area contributed by atoms with Gasteiger partial charge >= 0.3 is 0 Å². The van der Waals surface area contributed by atoms with Crippen LogP contribution in [-0.2, 0) is 0 Å². The normalized spacial score (nSPS) is 12.4. The maximum absolute atomic E-state index is 6.22. The zero-order valence-corrected chi connectivity index (χ0v) is 12.0. The monoisotopic (exact) mass is 275 g/mol. The van der Waals surface area contributed by atoms with Gasteiger partial charge in [-0.15, -0.1) is 0 Å². The summed E-state index contributed by atoms with van der Waals surface area (Å²) in [6.07, 6.45) is 6.27. The molecule has 1 atom stereocenters. The molecule has 19 heavy (non-hydrogen) atoms. The lowest BCUT2D eigenvalue weighted by Crippen LogP contribution is -2.25. The van der Waals surface area contributed by atoms with Crippen LogP contribution in [0.3, 0.4) is 0 Å². The van der Waals surface area contributed by atoms with Gasteiger partial charge in [-0.2, -0.15) is 0 Å². The maximum atomic E-state index is 6.22. The molecular weight excluding hydrogens is 258 g/mol. The van der Waals surface area contributed by atoms with Gasteiger partial charge in [0.2, 0.25) is 0 Å². The molecule has 1 aromatic heterocycles. The van der Waals surface area contributed by atoms with E-state index in [2.05, 4.69) is 28.3 Å². The molecule has 0 spiro atoms. The number of nitrogens with one attached hydrogen (secondary N) is 1. The van der Waals surface area contributed by atoms with Gasteiger partial charge in [0.1, 0.15) is 0 Å². The number of benzene rings is 1. The van der Waals surface area contributed by atoms with E-state index in [1.54, 1.807) is 18.6 Å². The van der Waals surface area contributed by atoms with Gasteiger partial charge in [-0.3, -0.25) is 9.97 Å². The van der Waals surface area contributed by atoms with Crippen LogP contribution in [0.4, 0.5) is 0 Å². The smallest absolute Gasteiger partial charge is 0.0801 e. The Morgan fingerprint density at radius 3 is 2.84 bits per heavy atom. The molecule has 0 aliphatic carbocycles. The summed E-state index contributed by atoms with van der Waals surface area (Å²) in [5.41, 5.74) is 3.16. The highest BCUT2D eigenvalue weighted by Gasteiger charge is 2.17. The minimum atomic E-state index is 0.0346. The predicted octanol–water partition coefficient (Wildman–Crippen LogP) is 3.53.